The van der Waals surface area contributed by atoms with Crippen molar-refractivity contribution in [1.29, 1.82) is 0 Å². The number of hydrogen-bond acceptors (Lipinski definition) is 0. The van der Waals surface area contributed by atoms with Crippen molar-refractivity contribution in [2.45, 2.75) is 192 Å². The topological polar surface area (TPSA) is 0 Å². The van der Waals surface area contributed by atoms with Gasteiger partial charge in [-0.15, -0.1) is 37.0 Å². The molecular formula is C60H108P4. The van der Waals surface area contributed by atoms with Gasteiger partial charge in [-0.3, -0.25) is 0 Å². The first-order chi connectivity index (χ1) is 30.7. The van der Waals surface area contributed by atoms with Crippen molar-refractivity contribution in [3.05, 3.63) is 142 Å². The Morgan fingerprint density at radius 3 is 1.17 bits per heavy atom. The second kappa shape index (κ2) is 39.6. The Balaban J connectivity index is -0.000000429. The summed E-state index contributed by atoms with van der Waals surface area (Å²) in [5.74, 6) is 2.93. The molecule has 0 spiro atoms. The van der Waals surface area contributed by atoms with Gasteiger partial charge < -0.3 is 0 Å². The Hall–Kier alpha value is -1.40. The van der Waals surface area contributed by atoms with E-state index in [1.54, 1.807) is 5.56 Å². The van der Waals surface area contributed by atoms with Crippen molar-refractivity contribution in [1.82, 2.24) is 0 Å². The van der Waals surface area contributed by atoms with Crippen LogP contribution in [0.3, 0.4) is 0 Å². The molecule has 0 nitrogen and oxygen atoms in total. The van der Waals surface area contributed by atoms with Crippen LogP contribution in [0.25, 0.3) is 0 Å². The second-order valence-corrected chi connectivity index (χ2v) is 17.2. The van der Waals surface area contributed by atoms with E-state index in [0.717, 1.165) is 11.8 Å². The van der Waals surface area contributed by atoms with E-state index in [0.29, 0.717) is 22.7 Å². The van der Waals surface area contributed by atoms with E-state index in [1.165, 1.54) is 83.9 Å². The summed E-state index contributed by atoms with van der Waals surface area (Å²) in [5.41, 5.74) is 12.5. The molecule has 0 radical (unpaired) electrons. The van der Waals surface area contributed by atoms with Gasteiger partial charge in [-0.2, -0.15) is 0 Å². The maximum Gasteiger partial charge on any atom is -0.00234 e. The van der Waals surface area contributed by atoms with Gasteiger partial charge in [0.15, 0.2) is 0 Å². The van der Waals surface area contributed by atoms with Crippen molar-refractivity contribution >= 4 is 37.0 Å². The minimum absolute atomic E-state index is 0.247. The lowest BCUT2D eigenvalue weighted by atomic mass is 9.56. The lowest BCUT2D eigenvalue weighted by Crippen LogP contribution is -2.41. The molecule has 2 aliphatic carbocycles. The zero-order valence-electron chi connectivity index (χ0n) is 46.3. The number of benzene rings is 4. The van der Waals surface area contributed by atoms with Crippen molar-refractivity contribution in [3.63, 3.8) is 0 Å². The summed E-state index contributed by atoms with van der Waals surface area (Å²) in [6, 6.07) is 37.0. The van der Waals surface area contributed by atoms with Crippen molar-refractivity contribution in [2.24, 2.45) is 17.8 Å². The molecule has 2 fully saturated rings. The Bertz CT molecular complexity index is 1590. The molecular weight excluding hydrogens is 845 g/mol. The lowest BCUT2D eigenvalue weighted by Gasteiger charge is -2.48. The predicted octanol–water partition coefficient (Wildman–Crippen LogP) is 19.6. The first-order valence-corrected chi connectivity index (χ1v) is 29.9. The second-order valence-electron chi connectivity index (χ2n) is 17.2. The van der Waals surface area contributed by atoms with E-state index in [-0.39, 0.29) is 5.41 Å². The average molecular weight is 953 g/mol. The molecule has 0 saturated heterocycles. The van der Waals surface area contributed by atoms with Crippen LogP contribution in [0.4, 0.5) is 0 Å². The molecule has 368 valence electrons. The zero-order valence-corrected chi connectivity index (χ0v) is 50.9. The van der Waals surface area contributed by atoms with Gasteiger partial charge in [0.05, 0.1) is 0 Å². The normalized spacial score (nSPS) is 20.3. The third kappa shape index (κ3) is 21.7. The molecule has 7 atom stereocenters. The van der Waals surface area contributed by atoms with Gasteiger partial charge in [-0.25, -0.2) is 0 Å². The highest BCUT2D eigenvalue weighted by Crippen LogP contribution is 2.52. The maximum absolute atomic E-state index is 2.47. The maximum atomic E-state index is 2.47. The van der Waals surface area contributed by atoms with Crippen LogP contribution in [0.5, 0.6) is 0 Å². The molecule has 0 aliphatic heterocycles. The molecule has 2 aliphatic rings. The summed E-state index contributed by atoms with van der Waals surface area (Å²) in [5, 5.41) is 0. The third-order valence-corrected chi connectivity index (χ3v) is 13.2. The summed E-state index contributed by atoms with van der Waals surface area (Å²) in [6.45, 7) is 47.0. The molecule has 0 amide bonds. The first kappa shape index (κ1) is 69.2. The fraction of sp³-hybridized carbons (Fsp3) is 0.600. The van der Waals surface area contributed by atoms with E-state index in [2.05, 4.69) is 203 Å². The monoisotopic (exact) mass is 953 g/mol. The van der Waals surface area contributed by atoms with Crippen LogP contribution in [0.15, 0.2) is 97.1 Å². The van der Waals surface area contributed by atoms with Gasteiger partial charge in [0.1, 0.15) is 0 Å². The van der Waals surface area contributed by atoms with Crippen molar-refractivity contribution in [3.8, 4) is 0 Å². The molecule has 4 aromatic carbocycles. The summed E-state index contributed by atoms with van der Waals surface area (Å²) in [6.07, 6.45) is 9.15. The molecule has 0 N–H and O–H groups in total. The average Bonchev–Trinajstić information content (AvgIpc) is 3.35. The van der Waals surface area contributed by atoms with E-state index in [1.807, 2.05) is 82.0 Å². The Kier molecular flexibility index (Phi) is 42.8. The standard InChI is InChI=1S/2C24H32.4C2H6.4CH5P/c1-17-6-11-20(12-7-17)23-16-22(15-10-19(23)3)24(4,5)21-13-8-18(2)9-14-21;1-18(2)24(22-12-8-20(4)9-13-22)16-14-23(5,15-17-24)21-10-6-19(3)7-11-21;8*1-2/h6-9,11-14,19,22-23H,10,15-16H2,1-5H3;6-13,18H,14-17H2,1-5H3;4*1-2H3;4*2H2,1H3. The summed E-state index contributed by atoms with van der Waals surface area (Å²) in [7, 11) is 9.67. The van der Waals surface area contributed by atoms with E-state index in [9.17, 15) is 0 Å². The number of rotatable bonds is 6. The van der Waals surface area contributed by atoms with Crippen molar-refractivity contribution in [2.75, 3.05) is 26.7 Å². The zero-order chi connectivity index (χ0) is 50.7. The van der Waals surface area contributed by atoms with Crippen LogP contribution in [-0.4, -0.2) is 26.7 Å². The first-order valence-electron chi connectivity index (χ1n) is 25.3. The molecule has 2 saturated carbocycles. The van der Waals surface area contributed by atoms with Gasteiger partial charge in [0.2, 0.25) is 0 Å². The Morgan fingerprint density at radius 2 is 0.812 bits per heavy atom. The van der Waals surface area contributed by atoms with Gasteiger partial charge in [-0.1, -0.05) is 243 Å². The van der Waals surface area contributed by atoms with Crippen LogP contribution >= 0.6 is 37.0 Å². The highest BCUT2D eigenvalue weighted by Gasteiger charge is 2.44. The van der Waals surface area contributed by atoms with Gasteiger partial charge in [0.25, 0.3) is 0 Å². The van der Waals surface area contributed by atoms with Crippen LogP contribution in [0.2, 0.25) is 0 Å². The summed E-state index contributed by atoms with van der Waals surface area (Å²) in [4.78, 5) is 0. The highest BCUT2D eigenvalue weighted by atomic mass is 31.0. The fourth-order valence-electron chi connectivity index (χ4n) is 9.05. The molecule has 7 unspecified atom stereocenters. The van der Waals surface area contributed by atoms with Crippen LogP contribution in [-0.2, 0) is 16.2 Å². The van der Waals surface area contributed by atoms with Gasteiger partial charge in [0, 0.05) is 0 Å². The Labute approximate surface area is 412 Å². The highest BCUT2D eigenvalue weighted by molar-refractivity contribution is 7.15. The lowest BCUT2D eigenvalue weighted by molar-refractivity contribution is 0.160. The Morgan fingerprint density at radius 1 is 0.484 bits per heavy atom. The van der Waals surface area contributed by atoms with Crippen LogP contribution < -0.4 is 0 Å². The van der Waals surface area contributed by atoms with Crippen LogP contribution in [0.1, 0.15) is 192 Å². The minimum atomic E-state index is 0.247. The summed E-state index contributed by atoms with van der Waals surface area (Å²) >= 11 is 0. The largest absolute Gasteiger partial charge is 0.141 e. The van der Waals surface area contributed by atoms with Gasteiger partial charge >= 0.3 is 0 Å². The minimum Gasteiger partial charge on any atom is -0.141 e. The van der Waals surface area contributed by atoms with E-state index < -0.39 is 0 Å². The van der Waals surface area contributed by atoms with E-state index >= 15 is 0 Å². The fourth-order valence-corrected chi connectivity index (χ4v) is 9.05. The molecule has 0 heterocycles. The van der Waals surface area contributed by atoms with E-state index in [4.69, 9.17) is 0 Å². The molecule has 64 heavy (non-hydrogen) atoms. The number of hydrogen-bond donors (Lipinski definition) is 0. The third-order valence-electron chi connectivity index (χ3n) is 13.2. The quantitative estimate of drug-likeness (QED) is 0.169. The molecule has 0 bridgehead atoms. The molecule has 4 heteroatoms. The molecule has 6 rings (SSSR count). The molecule has 4 aromatic rings. The van der Waals surface area contributed by atoms with Gasteiger partial charge in [-0.05, 0) is 135 Å². The number of aryl methyl sites for hydroxylation is 4. The van der Waals surface area contributed by atoms with Crippen LogP contribution in [0, 0.1) is 45.4 Å². The van der Waals surface area contributed by atoms with Crippen molar-refractivity contribution < 1.29 is 0 Å². The SMILES string of the molecule is CC.CC.CC.CC.CP.CP.CP.CP.Cc1ccc(C2(C)CCC(c3ccc(C)cc3)(C(C)C)CC2)cc1.Cc1ccc(C2CC(C(C)(C)c3ccc(C)cc3)CCC2C)cc1. The summed E-state index contributed by atoms with van der Waals surface area (Å²) < 4.78 is 0. The smallest absolute Gasteiger partial charge is 0.00234 e. The predicted molar refractivity (Wildman–Crippen MR) is 317 cm³/mol. The molecule has 0 aromatic heterocycles.